The van der Waals surface area contributed by atoms with E-state index in [9.17, 15) is 0 Å². The molecule has 1 aliphatic heterocycles. The van der Waals surface area contributed by atoms with Crippen molar-refractivity contribution in [2.75, 3.05) is 20.7 Å². The fourth-order valence-corrected chi connectivity index (χ4v) is 5.73. The van der Waals surface area contributed by atoms with E-state index in [1.165, 1.54) is 36.9 Å². The molecule has 8 heteroatoms. The monoisotopic (exact) mass is 559 g/mol. The molecule has 0 fully saturated rings. The Balaban J connectivity index is 0.000000623. The van der Waals surface area contributed by atoms with Gasteiger partial charge in [-0.05, 0) is 0 Å². The molecule has 0 bridgehead atoms. The fraction of sp³-hybridized carbons (Fsp3) is 0.148. The maximum absolute atomic E-state index is 8.49. The minimum atomic E-state index is -4.94. The van der Waals surface area contributed by atoms with Crippen molar-refractivity contribution in [3.63, 3.8) is 0 Å². The molecule has 182 valence electrons. The fourth-order valence-electron chi connectivity index (χ4n) is 3.39. The van der Waals surface area contributed by atoms with Gasteiger partial charge in [0.05, 0.1) is 0 Å². The third-order valence-corrected chi connectivity index (χ3v) is 7.42. The molecule has 0 atom stereocenters. The quantitative estimate of drug-likeness (QED) is 0.403. The molecular weight excluding hydrogens is 533 g/mol. The molecule has 0 unspecified atom stereocenters. The van der Waals surface area contributed by atoms with Gasteiger partial charge in [-0.15, -0.1) is 10.2 Å². The summed E-state index contributed by atoms with van der Waals surface area (Å²) in [5.74, 6) is 0.924. The van der Waals surface area contributed by atoms with Gasteiger partial charge in [0.2, 0.25) is 0 Å². The van der Waals surface area contributed by atoms with Crippen molar-refractivity contribution in [3.8, 4) is 5.75 Å². The van der Waals surface area contributed by atoms with Crippen molar-refractivity contribution in [2.45, 2.75) is 6.92 Å². The molecule has 4 rings (SSSR count). The summed E-state index contributed by atoms with van der Waals surface area (Å²) >= 11 is 0.238. The Morgan fingerprint density at radius 1 is 0.743 bits per heavy atom. The molecule has 0 spiro atoms. The number of allylic oxidation sites excluding steroid dienone is 8. The van der Waals surface area contributed by atoms with Gasteiger partial charge in [-0.2, -0.15) is 0 Å². The average Bonchev–Trinajstić information content (AvgIpc) is 2.84. The Bertz CT molecular complexity index is 1190. The number of hydrogen-bond donors (Lipinski definition) is 0. The second-order valence-electron chi connectivity index (χ2n) is 7.72. The van der Waals surface area contributed by atoms with E-state index in [1.807, 2.05) is 6.92 Å². The topological polar surface area (TPSA) is 104 Å². The van der Waals surface area contributed by atoms with E-state index in [0.29, 0.717) is 6.61 Å². The Morgan fingerprint density at radius 3 is 1.74 bits per heavy atom. The normalized spacial score (nSPS) is 15.2. The largest absolute Gasteiger partial charge is 0.222 e. The van der Waals surface area contributed by atoms with Crippen LogP contribution in [0.5, 0.6) is 5.75 Å². The van der Waals surface area contributed by atoms with Crippen LogP contribution in [0, 0.1) is 10.2 Å². The summed E-state index contributed by atoms with van der Waals surface area (Å²) in [6, 6.07) is 19.2. The van der Waals surface area contributed by atoms with E-state index in [-0.39, 0.29) is 15.0 Å². The van der Waals surface area contributed by atoms with E-state index in [2.05, 4.69) is 110 Å². The Labute approximate surface area is 214 Å². The first-order valence-corrected chi connectivity index (χ1v) is 13.7. The van der Waals surface area contributed by atoms with Crippen molar-refractivity contribution in [2.24, 2.45) is 0 Å². The molecule has 0 saturated heterocycles. The summed E-state index contributed by atoms with van der Waals surface area (Å²) in [5, 5.41) is 0. The predicted octanol–water partition coefficient (Wildman–Crippen LogP) is 0.565. The summed E-state index contributed by atoms with van der Waals surface area (Å²) < 4.78 is 44.5. The average molecular weight is 559 g/mol. The van der Waals surface area contributed by atoms with Gasteiger partial charge in [0.1, 0.15) is 0 Å². The Hall–Kier alpha value is -2.74. The van der Waals surface area contributed by atoms with Gasteiger partial charge in [-0.25, -0.2) is 18.6 Å². The molecule has 0 saturated carbocycles. The first-order valence-electron chi connectivity index (χ1n) is 10.8. The van der Waals surface area contributed by atoms with Gasteiger partial charge in [-0.1, -0.05) is 0 Å². The minimum absolute atomic E-state index is 0.238. The SMILES string of the molecule is CCOc1ccc(C2=CC(=C3C=CC(=[N+](C)C)C=C3)C=C(c3ccccc3)[Se]2)cc1.[O-][Cl+3]([O-])([O-])[O-]. The summed E-state index contributed by atoms with van der Waals surface area (Å²) in [7, 11) is -0.800. The number of hydrogen-bond acceptors (Lipinski definition) is 5. The molecule has 2 aromatic rings. The number of rotatable bonds is 4. The van der Waals surface area contributed by atoms with E-state index >= 15 is 0 Å². The van der Waals surface area contributed by atoms with Crippen molar-refractivity contribution in [3.05, 3.63) is 113 Å². The van der Waals surface area contributed by atoms with Crippen LogP contribution in [0.15, 0.2) is 102 Å². The van der Waals surface area contributed by atoms with Crippen LogP contribution in [-0.2, 0) is 0 Å². The number of nitrogens with zero attached hydrogens (tertiary/aromatic N) is 1. The second-order valence-corrected chi connectivity index (χ2v) is 10.7. The van der Waals surface area contributed by atoms with Gasteiger partial charge in [0.15, 0.2) is 0 Å². The van der Waals surface area contributed by atoms with E-state index in [0.717, 1.165) is 5.75 Å². The van der Waals surface area contributed by atoms with E-state index in [1.54, 1.807) is 0 Å². The maximum Gasteiger partial charge on any atom is -0.112 e. The minimum Gasteiger partial charge on any atom is -0.222 e. The summed E-state index contributed by atoms with van der Waals surface area (Å²) in [5.41, 5.74) is 6.28. The first-order chi connectivity index (χ1) is 16.6. The van der Waals surface area contributed by atoms with Crippen LogP contribution < -0.4 is 23.4 Å². The number of benzene rings is 2. The third-order valence-electron chi connectivity index (χ3n) is 5.02. The number of halogens is 1. The van der Waals surface area contributed by atoms with Crippen LogP contribution in [0.1, 0.15) is 18.1 Å². The third kappa shape index (κ3) is 8.46. The van der Waals surface area contributed by atoms with Crippen LogP contribution in [0.4, 0.5) is 0 Å². The standard InChI is InChI=1S/C27H26NOSe.ClHO4/c1-4-29-25-16-12-22(13-17-25)27-19-23(20-10-14-24(15-11-20)28(2)3)18-26(30-27)21-8-6-5-7-9-21;2-1(3,4)5/h5-19H,4H2,1-3H3;(H,2,3,4,5)/q+1;/p-1. The van der Waals surface area contributed by atoms with Gasteiger partial charge in [-0.3, -0.25) is 0 Å². The summed E-state index contributed by atoms with van der Waals surface area (Å²) in [6.07, 6.45) is 13.5. The van der Waals surface area contributed by atoms with Crippen LogP contribution in [0.2, 0.25) is 0 Å². The zero-order chi connectivity index (χ0) is 25.4. The van der Waals surface area contributed by atoms with Gasteiger partial charge >= 0.3 is 186 Å². The van der Waals surface area contributed by atoms with Gasteiger partial charge < -0.3 is 0 Å². The molecule has 1 heterocycles. The van der Waals surface area contributed by atoms with Crippen LogP contribution in [0.25, 0.3) is 8.94 Å². The summed E-state index contributed by atoms with van der Waals surface area (Å²) in [4.78, 5) is 0. The van der Waals surface area contributed by atoms with Crippen LogP contribution in [0.3, 0.4) is 0 Å². The molecule has 1 aliphatic carbocycles. The van der Waals surface area contributed by atoms with Gasteiger partial charge in [0, 0.05) is 0 Å². The zero-order valence-electron chi connectivity index (χ0n) is 19.6. The molecule has 2 aliphatic rings. The Kier molecular flexibility index (Phi) is 9.43. The number of ether oxygens (including phenoxy) is 1. The second kappa shape index (κ2) is 12.3. The van der Waals surface area contributed by atoms with Crippen LogP contribution >= 0.6 is 0 Å². The Morgan fingerprint density at radius 2 is 1.26 bits per heavy atom. The van der Waals surface area contributed by atoms with Crippen molar-refractivity contribution in [1.29, 1.82) is 0 Å². The molecule has 2 aromatic carbocycles. The molecule has 0 aromatic heterocycles. The van der Waals surface area contributed by atoms with Crippen molar-refractivity contribution >= 4 is 29.6 Å². The molecule has 35 heavy (non-hydrogen) atoms. The molecular formula is C27H26ClNO5Se. The first kappa shape index (κ1) is 26.9. The van der Waals surface area contributed by atoms with Gasteiger partial charge in [0.25, 0.3) is 0 Å². The molecule has 0 amide bonds. The van der Waals surface area contributed by atoms with Crippen molar-refractivity contribution in [1.82, 2.24) is 0 Å². The van der Waals surface area contributed by atoms with Crippen LogP contribution in [-0.4, -0.2) is 45.9 Å². The summed E-state index contributed by atoms with van der Waals surface area (Å²) in [6.45, 7) is 2.70. The van der Waals surface area contributed by atoms with E-state index in [4.69, 9.17) is 23.4 Å². The predicted molar refractivity (Wildman–Crippen MR) is 128 cm³/mol. The molecule has 0 N–H and O–H groups in total. The smallest absolute Gasteiger partial charge is 0.112 e. The molecule has 0 radical (unpaired) electrons. The van der Waals surface area contributed by atoms with Crippen molar-refractivity contribution < 1.29 is 38.2 Å². The van der Waals surface area contributed by atoms with E-state index < -0.39 is 10.2 Å². The molecule has 6 nitrogen and oxygen atoms in total. The maximum atomic E-state index is 8.49. The zero-order valence-corrected chi connectivity index (χ0v) is 22.1.